The monoisotopic (exact) mass is 710 g/mol. The quantitative estimate of drug-likeness (QED) is 0.104. The molecule has 0 aliphatic carbocycles. The first kappa shape index (κ1) is 37.6. The number of likely N-dealkylation sites (tertiary alicyclic amines) is 1. The van der Waals surface area contributed by atoms with Gasteiger partial charge in [-0.1, -0.05) is 78.9 Å². The van der Waals surface area contributed by atoms with Gasteiger partial charge in [-0.15, -0.1) is 0 Å². The maximum absolute atomic E-state index is 14.7. The number of esters is 2. The number of amides is 3. The molecule has 4 aromatic rings. The zero-order chi connectivity index (χ0) is 37.5. The van der Waals surface area contributed by atoms with Crippen LogP contribution in [-0.4, -0.2) is 84.2 Å². The predicted octanol–water partition coefficient (Wildman–Crippen LogP) is 4.51. The Morgan fingerprint density at radius 3 is 2.15 bits per heavy atom. The van der Waals surface area contributed by atoms with Crippen molar-refractivity contribution in [1.82, 2.24) is 20.5 Å². The van der Waals surface area contributed by atoms with E-state index in [1.165, 1.54) is 19.1 Å². The Morgan fingerprint density at radius 2 is 1.52 bits per heavy atom. The van der Waals surface area contributed by atoms with Crippen LogP contribution in [0.3, 0.4) is 0 Å². The van der Waals surface area contributed by atoms with Gasteiger partial charge >= 0.3 is 18.0 Å². The number of benzene rings is 3. The number of methoxy groups -OCH3 is 2. The van der Waals surface area contributed by atoms with Crippen LogP contribution in [-0.2, 0) is 52.7 Å². The van der Waals surface area contributed by atoms with E-state index in [1.807, 2.05) is 84.9 Å². The van der Waals surface area contributed by atoms with Crippen molar-refractivity contribution in [3.05, 3.63) is 108 Å². The zero-order valence-electron chi connectivity index (χ0n) is 30.1. The molecule has 0 radical (unpaired) electrons. The second kappa shape index (κ2) is 16.1. The Kier molecular flexibility index (Phi) is 11.7. The van der Waals surface area contributed by atoms with Gasteiger partial charge in [0.1, 0.15) is 17.7 Å². The predicted molar refractivity (Wildman–Crippen MR) is 194 cm³/mol. The van der Waals surface area contributed by atoms with Crippen LogP contribution in [0.1, 0.15) is 43.9 Å². The van der Waals surface area contributed by atoms with Gasteiger partial charge in [-0.05, 0) is 56.4 Å². The van der Waals surface area contributed by atoms with Gasteiger partial charge in [-0.25, -0.2) is 9.59 Å². The maximum Gasteiger partial charge on any atom is 0.408 e. The molecule has 3 aromatic carbocycles. The van der Waals surface area contributed by atoms with E-state index in [2.05, 4.69) is 15.6 Å². The smallest absolute Gasteiger partial charge is 0.408 e. The number of hydrogen-bond acceptors (Lipinski definition) is 8. The van der Waals surface area contributed by atoms with Gasteiger partial charge < -0.3 is 34.7 Å². The number of carbonyl (C=O) groups is 5. The van der Waals surface area contributed by atoms with Crippen molar-refractivity contribution < 1.29 is 38.2 Å². The van der Waals surface area contributed by atoms with E-state index in [4.69, 9.17) is 14.2 Å². The van der Waals surface area contributed by atoms with E-state index in [-0.39, 0.29) is 32.2 Å². The summed E-state index contributed by atoms with van der Waals surface area (Å²) in [5.41, 5.74) is 0.668. The van der Waals surface area contributed by atoms with Gasteiger partial charge in [0, 0.05) is 36.5 Å². The molecule has 0 bridgehead atoms. The van der Waals surface area contributed by atoms with Gasteiger partial charge in [0.25, 0.3) is 0 Å². The van der Waals surface area contributed by atoms with E-state index in [9.17, 15) is 24.0 Å². The second-order valence-electron chi connectivity index (χ2n) is 14.0. The van der Waals surface area contributed by atoms with E-state index < -0.39 is 59.0 Å². The summed E-state index contributed by atoms with van der Waals surface area (Å²) < 4.78 is 15.9. The van der Waals surface area contributed by atoms with Crippen LogP contribution in [0.2, 0.25) is 0 Å². The summed E-state index contributed by atoms with van der Waals surface area (Å²) in [4.78, 5) is 73.5. The first-order valence-electron chi connectivity index (χ1n) is 17.2. The van der Waals surface area contributed by atoms with Gasteiger partial charge in [-0.3, -0.25) is 14.4 Å². The molecular weight excluding hydrogens is 664 g/mol. The number of nitrogens with one attached hydrogen (secondary N) is 3. The molecule has 4 atom stereocenters. The van der Waals surface area contributed by atoms with Crippen LogP contribution >= 0.6 is 0 Å². The van der Waals surface area contributed by atoms with E-state index in [1.54, 1.807) is 27.0 Å². The number of aromatic amines is 1. The van der Waals surface area contributed by atoms with E-state index in [0.29, 0.717) is 0 Å². The molecule has 1 saturated heterocycles. The standard InChI is InChI=1S/C40H46N4O8/c1-39(2,3)52-38(49)43-32(21-28-24-41-31-19-13-12-18-30(28)31)34(45)42-25-29-23-40(37(48)51-5,22-27-16-10-7-11-17-27)36(47)44(29)33(35(46)50-4)20-26-14-8-6-9-15-26/h6-19,24,29,32-33,41H,20-23,25H2,1-5H3,(H,42,45)(H,43,49)/t29-,32+,33-,40-/m0/s1. The number of H-pyrrole nitrogens is 1. The summed E-state index contributed by atoms with van der Waals surface area (Å²) in [5.74, 6) is -2.55. The molecule has 1 aliphatic rings. The highest BCUT2D eigenvalue weighted by Crippen LogP contribution is 2.42. The minimum absolute atomic E-state index is 0.0168. The molecule has 3 N–H and O–H groups in total. The van der Waals surface area contributed by atoms with E-state index in [0.717, 1.165) is 27.6 Å². The molecule has 3 amide bonds. The number of para-hydroxylation sites is 1. The normalized spacial score (nSPS) is 18.4. The number of carbonyl (C=O) groups excluding carboxylic acids is 5. The fourth-order valence-corrected chi connectivity index (χ4v) is 6.89. The molecule has 0 unspecified atom stereocenters. The molecular formula is C40H46N4O8. The molecule has 1 aliphatic heterocycles. The largest absolute Gasteiger partial charge is 0.468 e. The molecule has 1 aromatic heterocycles. The summed E-state index contributed by atoms with van der Waals surface area (Å²) in [6.45, 7) is 5.04. The second-order valence-corrected chi connectivity index (χ2v) is 14.0. The number of ether oxygens (including phenoxy) is 3. The number of alkyl carbamates (subject to hydrolysis) is 1. The molecule has 0 spiro atoms. The highest BCUT2D eigenvalue weighted by molar-refractivity contribution is 6.06. The van der Waals surface area contributed by atoms with Crippen molar-refractivity contribution >= 4 is 40.7 Å². The summed E-state index contributed by atoms with van der Waals surface area (Å²) in [6.07, 6.45) is 1.21. The highest BCUT2D eigenvalue weighted by Gasteiger charge is 2.60. The van der Waals surface area contributed by atoms with Crippen LogP contribution in [0.4, 0.5) is 4.79 Å². The fourth-order valence-electron chi connectivity index (χ4n) is 6.89. The van der Waals surface area contributed by atoms with Crippen molar-refractivity contribution in [3.8, 4) is 0 Å². The van der Waals surface area contributed by atoms with Gasteiger partial charge in [0.2, 0.25) is 11.8 Å². The zero-order valence-corrected chi connectivity index (χ0v) is 30.1. The summed E-state index contributed by atoms with van der Waals surface area (Å²) >= 11 is 0. The molecule has 274 valence electrons. The third kappa shape index (κ3) is 8.62. The summed E-state index contributed by atoms with van der Waals surface area (Å²) in [5, 5.41) is 6.53. The molecule has 1 fully saturated rings. The minimum atomic E-state index is -1.69. The lowest BCUT2D eigenvalue weighted by Crippen LogP contribution is -2.55. The minimum Gasteiger partial charge on any atom is -0.468 e. The Balaban J connectivity index is 1.49. The number of fused-ring (bicyclic) bond motifs is 1. The first-order valence-corrected chi connectivity index (χ1v) is 17.2. The van der Waals surface area contributed by atoms with Crippen LogP contribution in [0, 0.1) is 5.41 Å². The first-order chi connectivity index (χ1) is 24.8. The van der Waals surface area contributed by atoms with Crippen molar-refractivity contribution in [2.24, 2.45) is 5.41 Å². The van der Waals surface area contributed by atoms with Crippen molar-refractivity contribution in [2.45, 2.75) is 70.2 Å². The summed E-state index contributed by atoms with van der Waals surface area (Å²) in [6, 6.07) is 22.9. The third-order valence-corrected chi connectivity index (χ3v) is 9.25. The van der Waals surface area contributed by atoms with Crippen LogP contribution in [0.25, 0.3) is 10.9 Å². The van der Waals surface area contributed by atoms with E-state index >= 15 is 0 Å². The average Bonchev–Trinajstić information content (AvgIpc) is 3.66. The number of rotatable bonds is 13. The van der Waals surface area contributed by atoms with Crippen molar-refractivity contribution in [2.75, 3.05) is 20.8 Å². The Labute approximate surface area is 303 Å². The van der Waals surface area contributed by atoms with Crippen LogP contribution in [0.5, 0.6) is 0 Å². The fraction of sp³-hybridized carbons (Fsp3) is 0.375. The maximum atomic E-state index is 14.7. The lowest BCUT2D eigenvalue weighted by molar-refractivity contribution is -0.163. The van der Waals surface area contributed by atoms with Crippen LogP contribution in [0.15, 0.2) is 91.1 Å². The number of hydrogen-bond donors (Lipinski definition) is 3. The molecule has 12 nitrogen and oxygen atoms in total. The SMILES string of the molecule is COC(=O)[C@H](Cc1ccccc1)N1C(=O)[C@@](Cc2ccccc2)(C(=O)OC)C[C@H]1CNC(=O)[C@@H](Cc1c[nH]c2ccccc12)NC(=O)OC(C)(C)C. The Bertz CT molecular complexity index is 1890. The van der Waals surface area contributed by atoms with Crippen molar-refractivity contribution in [3.63, 3.8) is 0 Å². The molecule has 0 saturated carbocycles. The molecule has 12 heteroatoms. The topological polar surface area (TPSA) is 156 Å². The van der Waals surface area contributed by atoms with Gasteiger partial charge in [-0.2, -0.15) is 0 Å². The number of nitrogens with zero attached hydrogens (tertiary/aromatic N) is 1. The molecule has 52 heavy (non-hydrogen) atoms. The third-order valence-electron chi connectivity index (χ3n) is 9.25. The lowest BCUT2D eigenvalue weighted by atomic mass is 9.78. The molecule has 2 heterocycles. The van der Waals surface area contributed by atoms with Gasteiger partial charge in [0.15, 0.2) is 5.41 Å². The molecule has 5 rings (SSSR count). The Morgan fingerprint density at radius 1 is 0.885 bits per heavy atom. The number of aromatic nitrogens is 1. The van der Waals surface area contributed by atoms with Gasteiger partial charge in [0.05, 0.1) is 20.3 Å². The van der Waals surface area contributed by atoms with Crippen LogP contribution < -0.4 is 10.6 Å². The Hall–Kier alpha value is -5.65. The lowest BCUT2D eigenvalue weighted by Gasteiger charge is -2.32. The van der Waals surface area contributed by atoms with Crippen molar-refractivity contribution in [1.29, 1.82) is 0 Å². The highest BCUT2D eigenvalue weighted by atomic mass is 16.6. The summed E-state index contributed by atoms with van der Waals surface area (Å²) in [7, 11) is 2.47. The average molecular weight is 711 g/mol.